The van der Waals surface area contributed by atoms with E-state index in [1.54, 1.807) is 31.5 Å². The monoisotopic (exact) mass is 951 g/mol. The van der Waals surface area contributed by atoms with Crippen molar-refractivity contribution in [3.05, 3.63) is 128 Å². The third kappa shape index (κ3) is 9.96. The van der Waals surface area contributed by atoms with E-state index in [1.807, 2.05) is 69.3 Å². The molecule has 5 aromatic rings. The number of hydrogen-bond donors (Lipinski definition) is 2. The number of fused-ring (bicyclic) bond motifs is 1. The first-order valence-electron chi connectivity index (χ1n) is 19.8. The van der Waals surface area contributed by atoms with E-state index in [1.165, 1.54) is 65.8 Å². The first-order valence-corrected chi connectivity index (χ1v) is 23.8. The zero-order valence-corrected chi connectivity index (χ0v) is 40.0. The van der Waals surface area contributed by atoms with E-state index in [0.717, 1.165) is 11.6 Å². The fourth-order valence-electron chi connectivity index (χ4n) is 7.88. The van der Waals surface area contributed by atoms with Gasteiger partial charge in [-0.3, -0.25) is 18.2 Å². The molecule has 0 fully saturated rings. The molecule has 0 aliphatic heterocycles. The van der Waals surface area contributed by atoms with Crippen LogP contribution in [-0.4, -0.2) is 36.0 Å². The highest BCUT2D eigenvalue weighted by atomic mass is 79.9. The van der Waals surface area contributed by atoms with Crippen LogP contribution in [0.1, 0.15) is 122 Å². The van der Waals surface area contributed by atoms with Gasteiger partial charge in [-0.15, -0.1) is 5.10 Å². The van der Waals surface area contributed by atoms with Gasteiger partial charge in [0.05, 0.1) is 22.3 Å². The van der Waals surface area contributed by atoms with Crippen LogP contribution in [-0.2, 0) is 58.7 Å². The molecule has 0 bridgehead atoms. The van der Waals surface area contributed by atoms with Crippen LogP contribution in [0.5, 0.6) is 0 Å². The Kier molecular flexibility index (Phi) is 13.1. The quantitative estimate of drug-likeness (QED) is 0.0936. The maximum atomic E-state index is 16.8. The summed E-state index contributed by atoms with van der Waals surface area (Å²) in [5.41, 5.74) is -12.0. The summed E-state index contributed by atoms with van der Waals surface area (Å²) in [4.78, 5) is 20.0. The molecule has 1 heterocycles. The van der Waals surface area contributed by atoms with Crippen LogP contribution in [0.4, 0.5) is 17.6 Å². The molecule has 332 valence electrons. The minimum absolute atomic E-state index is 0.0647. The second-order valence-corrected chi connectivity index (χ2v) is 24.0. The van der Waals surface area contributed by atoms with E-state index >= 15 is 17.6 Å². The molecule has 9 nitrogen and oxygen atoms in total. The summed E-state index contributed by atoms with van der Waals surface area (Å²) in [6, 6.07) is 23.5. The summed E-state index contributed by atoms with van der Waals surface area (Å²) in [7, 11) is -11.2. The summed E-state index contributed by atoms with van der Waals surface area (Å²) in [6.07, 6.45) is 0.156. The molecule has 2 N–H and O–H groups in total. The predicted molar refractivity (Wildman–Crippen MR) is 236 cm³/mol. The molecule has 0 radical (unpaired) electrons. The minimum atomic E-state index is -5.98. The van der Waals surface area contributed by atoms with E-state index < -0.39 is 65.2 Å². The van der Waals surface area contributed by atoms with Gasteiger partial charge in [0.2, 0.25) is 0 Å². The van der Waals surface area contributed by atoms with E-state index in [-0.39, 0.29) is 22.9 Å². The number of para-hydroxylation sites is 1. The van der Waals surface area contributed by atoms with Gasteiger partial charge in [0.25, 0.3) is 0 Å². The van der Waals surface area contributed by atoms with Gasteiger partial charge in [0, 0.05) is 28.4 Å². The fraction of sp³-hybridized carbons (Fsp3) is 0.467. The SMILES string of the molecule is CC(C)(C)OP(=O)(OC(C)(C)C)C(F)(F)c1ccc(CC(Cc2ccc(C(F)(F)P(=O)(O)O)c(C(C)(C)C)c2C(C)(C)C)(c2ccccc2)n2nnc3ccccc32)cc1Br. The van der Waals surface area contributed by atoms with Crippen LogP contribution >= 0.6 is 31.1 Å². The fourth-order valence-corrected chi connectivity index (χ4v) is 11.4. The molecule has 1 unspecified atom stereocenters. The van der Waals surface area contributed by atoms with Crippen molar-refractivity contribution in [2.24, 2.45) is 0 Å². The van der Waals surface area contributed by atoms with Crippen molar-refractivity contribution in [1.82, 2.24) is 15.0 Å². The zero-order valence-electron chi connectivity index (χ0n) is 36.7. The lowest BCUT2D eigenvalue weighted by Crippen LogP contribution is -2.42. The van der Waals surface area contributed by atoms with E-state index in [0.29, 0.717) is 27.7 Å². The molecule has 16 heteroatoms. The van der Waals surface area contributed by atoms with Crippen LogP contribution in [0.25, 0.3) is 11.0 Å². The maximum Gasteiger partial charge on any atom is 0.405 e. The molecule has 0 spiro atoms. The standard InChI is InChI=1S/C45H56BrF4N3O6P2/c1-39(2,3)37-30(23-25-33(38(37)40(4,5)6)44(47,48)60(54,55)56)28-43(31-18-14-13-15-19-31,53-36-21-17-16-20-35(36)51-52-53)27-29-22-24-32(34(46)26-29)45(49,50)61(57,58-41(7,8)9)59-42(10,11)12/h13-26H,27-28H2,1-12H3,(H2,54,55,56). The number of aromatic nitrogens is 3. The Labute approximate surface area is 364 Å². The van der Waals surface area contributed by atoms with Crippen molar-refractivity contribution in [3.63, 3.8) is 0 Å². The van der Waals surface area contributed by atoms with E-state index in [9.17, 15) is 18.9 Å². The van der Waals surface area contributed by atoms with Crippen molar-refractivity contribution in [2.75, 3.05) is 0 Å². The van der Waals surface area contributed by atoms with Gasteiger partial charge >= 0.3 is 26.5 Å². The van der Waals surface area contributed by atoms with E-state index in [2.05, 4.69) is 21.0 Å². The van der Waals surface area contributed by atoms with Crippen LogP contribution in [0, 0.1) is 0 Å². The lowest BCUT2D eigenvalue weighted by atomic mass is 9.68. The molecule has 1 atom stereocenters. The molecule has 1 aromatic heterocycles. The Bertz CT molecular complexity index is 2480. The Hall–Kier alpha value is -3.22. The minimum Gasteiger partial charge on any atom is -0.320 e. The smallest absolute Gasteiger partial charge is 0.320 e. The molecule has 5 rings (SSSR count). The van der Waals surface area contributed by atoms with Crippen molar-refractivity contribution in [1.29, 1.82) is 0 Å². The maximum absolute atomic E-state index is 16.8. The van der Waals surface area contributed by atoms with Gasteiger partial charge in [-0.1, -0.05) is 129 Å². The first-order chi connectivity index (χ1) is 27.6. The molecule has 61 heavy (non-hydrogen) atoms. The topological polar surface area (TPSA) is 124 Å². The highest BCUT2D eigenvalue weighted by molar-refractivity contribution is 9.10. The summed E-state index contributed by atoms with van der Waals surface area (Å²) < 4.78 is 105. The number of benzene rings is 4. The van der Waals surface area contributed by atoms with Crippen molar-refractivity contribution < 1.29 is 45.5 Å². The Balaban J connectivity index is 1.84. The molecule has 0 amide bonds. The van der Waals surface area contributed by atoms with Gasteiger partial charge in [0.15, 0.2) is 0 Å². The van der Waals surface area contributed by atoms with Crippen molar-refractivity contribution in [3.8, 4) is 0 Å². The zero-order chi connectivity index (χ0) is 46.0. The van der Waals surface area contributed by atoms with Crippen LogP contribution in [0.15, 0.2) is 89.4 Å². The predicted octanol–water partition coefficient (Wildman–Crippen LogP) is 13.1. The largest absolute Gasteiger partial charge is 0.405 e. The number of hydrogen-bond acceptors (Lipinski definition) is 6. The Morgan fingerprint density at radius 2 is 1.18 bits per heavy atom. The van der Waals surface area contributed by atoms with Crippen LogP contribution in [0.3, 0.4) is 0 Å². The summed E-state index contributed by atoms with van der Waals surface area (Å²) >= 11 is 3.38. The van der Waals surface area contributed by atoms with Gasteiger partial charge in [-0.2, -0.15) is 17.6 Å². The average Bonchev–Trinajstić information content (AvgIpc) is 3.53. The van der Waals surface area contributed by atoms with Crippen LogP contribution < -0.4 is 0 Å². The Morgan fingerprint density at radius 1 is 0.656 bits per heavy atom. The van der Waals surface area contributed by atoms with Gasteiger partial charge in [-0.05, 0) is 98.4 Å². The van der Waals surface area contributed by atoms with E-state index in [4.69, 9.17) is 14.3 Å². The average molecular weight is 953 g/mol. The summed E-state index contributed by atoms with van der Waals surface area (Å²) in [5, 5.41) is 9.21. The summed E-state index contributed by atoms with van der Waals surface area (Å²) in [6.45, 7) is 19.9. The van der Waals surface area contributed by atoms with Crippen molar-refractivity contribution >= 4 is 42.2 Å². The molecular weight excluding hydrogens is 896 g/mol. The number of rotatable bonds is 12. The first kappa shape index (κ1) is 48.8. The molecule has 4 aromatic carbocycles. The normalized spacial score (nSPS) is 15.0. The lowest BCUT2D eigenvalue weighted by molar-refractivity contribution is -0.0216. The lowest BCUT2D eigenvalue weighted by Gasteiger charge is -2.40. The molecular formula is C45H56BrF4N3O6P2. The van der Waals surface area contributed by atoms with Gasteiger partial charge < -0.3 is 9.79 Å². The number of alkyl halides is 4. The second kappa shape index (κ2) is 16.4. The molecule has 0 saturated carbocycles. The number of nitrogens with zero attached hydrogens (tertiary/aromatic N) is 3. The van der Waals surface area contributed by atoms with Crippen LogP contribution in [0.2, 0.25) is 0 Å². The third-order valence-corrected chi connectivity index (χ3v) is 14.2. The molecule has 0 aliphatic rings. The summed E-state index contributed by atoms with van der Waals surface area (Å²) in [5.74, 6) is 0. The highest BCUT2D eigenvalue weighted by Gasteiger charge is 2.59. The van der Waals surface area contributed by atoms with Crippen molar-refractivity contribution in [2.45, 2.75) is 135 Å². The molecule has 0 aliphatic carbocycles. The Morgan fingerprint density at radius 3 is 1.69 bits per heavy atom. The molecule has 0 saturated heterocycles. The second-order valence-electron chi connectivity index (χ2n) is 19.6. The third-order valence-electron chi connectivity index (χ3n) is 10.0. The van der Waals surface area contributed by atoms with Gasteiger partial charge in [-0.25, -0.2) is 4.68 Å². The van der Waals surface area contributed by atoms with Gasteiger partial charge in [0.1, 0.15) is 5.52 Å². The highest BCUT2D eigenvalue weighted by Crippen LogP contribution is 2.70. The number of halogens is 5.